The van der Waals surface area contributed by atoms with E-state index < -0.39 is 0 Å². The number of nitrogens with one attached hydrogen (secondary N) is 3. The zero-order valence-electron chi connectivity index (χ0n) is 15.7. The molecule has 9 heteroatoms. The van der Waals surface area contributed by atoms with Gasteiger partial charge >= 0.3 is 0 Å². The fourth-order valence-corrected chi connectivity index (χ4v) is 3.05. The first-order valence-electron chi connectivity index (χ1n) is 8.71. The SMILES string of the molecule is C=CCNC(=S)N[NH+]=Cc1ccc(OCc2c(Cl)ccc(Cl)c2Cl)c(OCC)c1. The number of halogens is 3. The number of hydrogen-bond donors (Lipinski definition) is 3. The van der Waals surface area contributed by atoms with Crippen LogP contribution in [0.3, 0.4) is 0 Å². The van der Waals surface area contributed by atoms with E-state index in [0.717, 1.165) is 5.56 Å². The van der Waals surface area contributed by atoms with E-state index in [2.05, 4.69) is 22.4 Å². The molecular formula is C20H21Cl3N3O2S+. The molecule has 0 bridgehead atoms. The third kappa shape index (κ3) is 7.08. The summed E-state index contributed by atoms with van der Waals surface area (Å²) in [5.74, 6) is 1.15. The van der Waals surface area contributed by atoms with Gasteiger partial charge in [-0.1, -0.05) is 40.9 Å². The Balaban J connectivity index is 2.10. The van der Waals surface area contributed by atoms with Gasteiger partial charge in [-0.15, -0.1) is 17.1 Å². The second-order valence-corrected chi connectivity index (χ2v) is 7.26. The normalized spacial score (nSPS) is 10.6. The zero-order valence-corrected chi connectivity index (χ0v) is 18.8. The quantitative estimate of drug-likeness (QED) is 0.170. The van der Waals surface area contributed by atoms with Gasteiger partial charge in [0, 0.05) is 22.7 Å². The molecule has 2 aromatic rings. The molecule has 0 amide bonds. The van der Waals surface area contributed by atoms with Crippen LogP contribution in [0.15, 0.2) is 43.0 Å². The number of benzene rings is 2. The molecule has 2 aromatic carbocycles. The molecule has 0 aliphatic rings. The molecule has 0 unspecified atom stereocenters. The third-order valence-electron chi connectivity index (χ3n) is 3.61. The van der Waals surface area contributed by atoms with E-state index in [9.17, 15) is 0 Å². The smallest absolute Gasteiger partial charge is 0.224 e. The fourth-order valence-electron chi connectivity index (χ4n) is 2.25. The van der Waals surface area contributed by atoms with Crippen LogP contribution >= 0.6 is 47.0 Å². The van der Waals surface area contributed by atoms with E-state index in [-0.39, 0.29) is 6.61 Å². The Bertz CT molecular complexity index is 907. The minimum atomic E-state index is 0.157. The van der Waals surface area contributed by atoms with Crippen LogP contribution in [0.25, 0.3) is 0 Å². The van der Waals surface area contributed by atoms with E-state index in [1.54, 1.807) is 30.5 Å². The minimum absolute atomic E-state index is 0.157. The van der Waals surface area contributed by atoms with Gasteiger partial charge in [0.05, 0.1) is 16.7 Å². The zero-order chi connectivity index (χ0) is 21.2. The van der Waals surface area contributed by atoms with Crippen molar-refractivity contribution in [2.24, 2.45) is 0 Å². The van der Waals surface area contributed by atoms with E-state index in [1.165, 1.54) is 0 Å². The van der Waals surface area contributed by atoms with Crippen LogP contribution in [-0.2, 0) is 6.61 Å². The molecule has 0 aliphatic heterocycles. The second-order valence-electron chi connectivity index (χ2n) is 5.66. The van der Waals surface area contributed by atoms with Gasteiger partial charge in [-0.3, -0.25) is 0 Å². The topological polar surface area (TPSA) is 56.5 Å². The van der Waals surface area contributed by atoms with Crippen molar-refractivity contribution in [3.05, 3.63) is 69.2 Å². The van der Waals surface area contributed by atoms with Gasteiger partial charge in [0.2, 0.25) is 5.11 Å². The van der Waals surface area contributed by atoms with Gasteiger partial charge in [0.1, 0.15) is 6.61 Å². The van der Waals surface area contributed by atoms with Crippen molar-refractivity contribution in [2.45, 2.75) is 13.5 Å². The van der Waals surface area contributed by atoms with Gasteiger partial charge in [0.15, 0.2) is 17.7 Å². The lowest BCUT2D eigenvalue weighted by molar-refractivity contribution is -0.500. The Kier molecular flexibility index (Phi) is 9.54. The summed E-state index contributed by atoms with van der Waals surface area (Å²) in [6.07, 6.45) is 3.47. The van der Waals surface area contributed by atoms with E-state index in [1.807, 2.05) is 19.1 Å². The number of hydrogen-bond acceptors (Lipinski definition) is 3. The van der Waals surface area contributed by atoms with Gasteiger partial charge in [-0.25, -0.2) is 0 Å². The number of hydrazine groups is 1. The Labute approximate surface area is 190 Å². The van der Waals surface area contributed by atoms with Gasteiger partial charge in [-0.05, 0) is 49.5 Å². The van der Waals surface area contributed by atoms with Crippen LogP contribution in [-0.4, -0.2) is 24.5 Å². The highest BCUT2D eigenvalue weighted by molar-refractivity contribution is 7.80. The molecule has 0 heterocycles. The molecule has 29 heavy (non-hydrogen) atoms. The van der Waals surface area contributed by atoms with Crippen molar-refractivity contribution >= 4 is 58.3 Å². The van der Waals surface area contributed by atoms with Crippen LogP contribution in [0.1, 0.15) is 18.1 Å². The molecule has 0 saturated carbocycles. The maximum absolute atomic E-state index is 6.24. The molecule has 0 saturated heterocycles. The number of hydrazone groups is 1. The Morgan fingerprint density at radius 1 is 1.14 bits per heavy atom. The van der Waals surface area contributed by atoms with Crippen LogP contribution in [0.2, 0.25) is 15.1 Å². The molecule has 0 aliphatic carbocycles. The molecular weight excluding hydrogens is 453 g/mol. The summed E-state index contributed by atoms with van der Waals surface area (Å²) in [5, 5.41) is 7.61. The number of rotatable bonds is 9. The summed E-state index contributed by atoms with van der Waals surface area (Å²) < 4.78 is 11.6. The van der Waals surface area contributed by atoms with Crippen LogP contribution in [0, 0.1) is 0 Å². The first-order valence-corrected chi connectivity index (χ1v) is 10.3. The molecule has 3 N–H and O–H groups in total. The summed E-state index contributed by atoms with van der Waals surface area (Å²) in [6, 6.07) is 8.84. The highest BCUT2D eigenvalue weighted by Crippen LogP contribution is 2.34. The maximum Gasteiger partial charge on any atom is 0.224 e. The predicted molar refractivity (Wildman–Crippen MR) is 123 cm³/mol. The van der Waals surface area contributed by atoms with Crippen LogP contribution in [0.4, 0.5) is 0 Å². The van der Waals surface area contributed by atoms with Gasteiger partial charge in [0.25, 0.3) is 0 Å². The first kappa shape index (κ1) is 23.3. The number of ether oxygens (including phenoxy) is 2. The van der Waals surface area contributed by atoms with Crippen LogP contribution < -0.4 is 25.3 Å². The molecule has 0 fully saturated rings. The molecule has 5 nitrogen and oxygen atoms in total. The summed E-state index contributed by atoms with van der Waals surface area (Å²) in [7, 11) is 0. The maximum atomic E-state index is 6.24. The average Bonchev–Trinajstić information content (AvgIpc) is 2.71. The van der Waals surface area contributed by atoms with Crippen molar-refractivity contribution < 1.29 is 14.6 Å². The van der Waals surface area contributed by atoms with Crippen molar-refractivity contribution in [3.8, 4) is 11.5 Å². The molecule has 2 rings (SSSR count). The molecule has 0 radical (unpaired) electrons. The van der Waals surface area contributed by atoms with Gasteiger partial charge in [-0.2, -0.15) is 0 Å². The average molecular weight is 474 g/mol. The highest BCUT2D eigenvalue weighted by atomic mass is 35.5. The van der Waals surface area contributed by atoms with Gasteiger partial charge < -0.3 is 14.8 Å². The summed E-state index contributed by atoms with van der Waals surface area (Å²) in [6.45, 7) is 6.74. The predicted octanol–water partition coefficient (Wildman–Crippen LogP) is 3.69. The molecule has 0 aromatic heterocycles. The molecule has 154 valence electrons. The van der Waals surface area contributed by atoms with E-state index in [4.69, 9.17) is 56.5 Å². The highest BCUT2D eigenvalue weighted by Gasteiger charge is 2.13. The Hall–Kier alpha value is -1.99. The minimum Gasteiger partial charge on any atom is -0.490 e. The van der Waals surface area contributed by atoms with Crippen molar-refractivity contribution in [1.82, 2.24) is 10.7 Å². The lowest BCUT2D eigenvalue weighted by Gasteiger charge is -2.14. The molecule has 0 spiro atoms. The van der Waals surface area contributed by atoms with Crippen LogP contribution in [0.5, 0.6) is 11.5 Å². The molecule has 0 atom stereocenters. The number of thiocarbonyl (C=S) groups is 1. The largest absolute Gasteiger partial charge is 0.490 e. The van der Waals surface area contributed by atoms with Crippen molar-refractivity contribution in [1.29, 1.82) is 0 Å². The third-order valence-corrected chi connectivity index (χ3v) is 5.05. The second kappa shape index (κ2) is 11.9. The standard InChI is InChI=1S/C20H20Cl3N3O2S/c1-3-9-24-20(29)26-25-11-13-5-8-17(18(10-13)27-4-2)28-12-14-15(21)6-7-16(22)19(14)23/h3,5-8,10-11H,1,4,9,12H2,2H3,(H2,24,26,29)/p+1. The lowest BCUT2D eigenvalue weighted by Crippen LogP contribution is -2.82. The van der Waals surface area contributed by atoms with E-state index in [0.29, 0.717) is 50.4 Å². The first-order chi connectivity index (χ1) is 14.0. The Morgan fingerprint density at radius 3 is 2.62 bits per heavy atom. The fraction of sp³-hybridized carbons (Fsp3) is 0.200. The Morgan fingerprint density at radius 2 is 1.90 bits per heavy atom. The summed E-state index contributed by atoms with van der Waals surface area (Å²) in [5.41, 5.74) is 4.33. The lowest BCUT2D eigenvalue weighted by atomic mass is 10.2. The summed E-state index contributed by atoms with van der Waals surface area (Å²) >= 11 is 23.6. The van der Waals surface area contributed by atoms with E-state index >= 15 is 0 Å². The summed E-state index contributed by atoms with van der Waals surface area (Å²) in [4.78, 5) is 0. The van der Waals surface area contributed by atoms with Crippen molar-refractivity contribution in [2.75, 3.05) is 13.2 Å². The monoisotopic (exact) mass is 472 g/mol. The van der Waals surface area contributed by atoms with Crippen molar-refractivity contribution in [3.63, 3.8) is 0 Å².